The third kappa shape index (κ3) is 2.43. The van der Waals surface area contributed by atoms with Crippen molar-refractivity contribution in [2.45, 2.75) is 32.0 Å². The molecule has 5 heteroatoms. The van der Waals surface area contributed by atoms with E-state index in [1.165, 1.54) is 0 Å². The Labute approximate surface area is 83.7 Å². The summed E-state index contributed by atoms with van der Waals surface area (Å²) >= 11 is 0. The largest absolute Gasteiger partial charge is 0.480 e. The summed E-state index contributed by atoms with van der Waals surface area (Å²) in [7, 11) is 0. The number of rotatable bonds is 3. The van der Waals surface area contributed by atoms with Gasteiger partial charge in [-0.25, -0.2) is 0 Å². The molecule has 3 atom stereocenters. The highest BCUT2D eigenvalue weighted by Crippen LogP contribution is 2.11. The molecule has 0 bridgehead atoms. The van der Waals surface area contributed by atoms with E-state index in [2.05, 4.69) is 5.32 Å². The summed E-state index contributed by atoms with van der Waals surface area (Å²) in [6.07, 6.45) is -0.505. The van der Waals surface area contributed by atoms with E-state index in [1.807, 2.05) is 11.8 Å². The van der Waals surface area contributed by atoms with E-state index in [1.54, 1.807) is 6.92 Å². The van der Waals surface area contributed by atoms with Crippen molar-refractivity contribution in [3.8, 4) is 0 Å². The first-order chi connectivity index (χ1) is 6.54. The zero-order valence-electron chi connectivity index (χ0n) is 8.60. The molecule has 1 saturated heterocycles. The lowest BCUT2D eigenvalue weighted by Gasteiger charge is -2.38. The topological polar surface area (TPSA) is 72.8 Å². The van der Waals surface area contributed by atoms with Gasteiger partial charge in [0.15, 0.2) is 0 Å². The number of piperazine rings is 1. The van der Waals surface area contributed by atoms with Crippen molar-refractivity contribution in [1.29, 1.82) is 0 Å². The van der Waals surface area contributed by atoms with Crippen LogP contribution in [0.1, 0.15) is 13.8 Å². The van der Waals surface area contributed by atoms with Crippen molar-refractivity contribution in [3.05, 3.63) is 0 Å². The Kier molecular flexibility index (Phi) is 3.86. The zero-order valence-corrected chi connectivity index (χ0v) is 8.60. The van der Waals surface area contributed by atoms with Crippen LogP contribution in [0.2, 0.25) is 0 Å². The minimum absolute atomic E-state index is 0.113. The van der Waals surface area contributed by atoms with Crippen molar-refractivity contribution < 1.29 is 15.0 Å². The van der Waals surface area contributed by atoms with Crippen LogP contribution in [-0.4, -0.2) is 58.9 Å². The normalized spacial score (nSPS) is 28.4. The van der Waals surface area contributed by atoms with Crippen LogP contribution in [0.15, 0.2) is 0 Å². The summed E-state index contributed by atoms with van der Waals surface area (Å²) in [6.45, 7) is 5.44. The monoisotopic (exact) mass is 202 g/mol. The number of aliphatic hydroxyl groups excluding tert-OH is 1. The number of carboxylic acid groups (broad SMARTS) is 1. The summed E-state index contributed by atoms with van der Waals surface area (Å²) in [6, 6.07) is -0.633. The van der Waals surface area contributed by atoms with Crippen LogP contribution >= 0.6 is 0 Å². The summed E-state index contributed by atoms with van der Waals surface area (Å²) in [5.74, 6) is -0.829. The van der Waals surface area contributed by atoms with Crippen molar-refractivity contribution in [2.75, 3.05) is 19.6 Å². The van der Waals surface area contributed by atoms with Gasteiger partial charge >= 0.3 is 5.97 Å². The molecule has 3 unspecified atom stereocenters. The first kappa shape index (κ1) is 11.4. The van der Waals surface area contributed by atoms with Crippen LogP contribution in [-0.2, 0) is 4.79 Å². The van der Waals surface area contributed by atoms with Crippen LogP contribution < -0.4 is 5.32 Å². The predicted octanol–water partition coefficient (Wildman–Crippen LogP) is -0.886. The number of carbonyl (C=O) groups is 1. The van der Waals surface area contributed by atoms with Gasteiger partial charge < -0.3 is 15.5 Å². The molecule has 0 saturated carbocycles. The van der Waals surface area contributed by atoms with Gasteiger partial charge in [-0.1, -0.05) is 0 Å². The van der Waals surface area contributed by atoms with Crippen LogP contribution in [0, 0.1) is 0 Å². The van der Waals surface area contributed by atoms with E-state index in [0.29, 0.717) is 13.1 Å². The number of carboxylic acids is 1. The third-order valence-corrected chi connectivity index (χ3v) is 2.79. The molecule has 0 aromatic carbocycles. The SMILES string of the molecule is CC(O)C(C)N1CCNCC1C(=O)O. The van der Waals surface area contributed by atoms with E-state index >= 15 is 0 Å². The van der Waals surface area contributed by atoms with Gasteiger partial charge in [-0.15, -0.1) is 0 Å². The summed E-state index contributed by atoms with van der Waals surface area (Å²) < 4.78 is 0. The molecular formula is C9H18N2O3. The second-order valence-corrected chi connectivity index (χ2v) is 3.78. The summed E-state index contributed by atoms with van der Waals surface area (Å²) in [5.41, 5.74) is 0. The molecule has 3 N–H and O–H groups in total. The second-order valence-electron chi connectivity index (χ2n) is 3.78. The minimum Gasteiger partial charge on any atom is -0.480 e. The first-order valence-corrected chi connectivity index (χ1v) is 4.91. The lowest BCUT2D eigenvalue weighted by Crippen LogP contribution is -2.59. The maximum absolute atomic E-state index is 10.9. The molecule has 1 heterocycles. The Bertz CT molecular complexity index is 208. The molecule has 1 fully saturated rings. The molecule has 5 nitrogen and oxygen atoms in total. The van der Waals surface area contributed by atoms with E-state index in [0.717, 1.165) is 6.54 Å². The number of hydrogen-bond acceptors (Lipinski definition) is 4. The van der Waals surface area contributed by atoms with E-state index in [-0.39, 0.29) is 6.04 Å². The Morgan fingerprint density at radius 1 is 1.57 bits per heavy atom. The highest BCUT2D eigenvalue weighted by molar-refractivity contribution is 5.74. The molecule has 82 valence electrons. The molecule has 1 rings (SSSR count). The highest BCUT2D eigenvalue weighted by atomic mass is 16.4. The van der Waals surface area contributed by atoms with Crippen LogP contribution in [0.4, 0.5) is 0 Å². The Hall–Kier alpha value is -0.650. The maximum Gasteiger partial charge on any atom is 0.322 e. The Balaban J connectivity index is 2.67. The molecular weight excluding hydrogens is 184 g/mol. The number of aliphatic carboxylic acids is 1. The molecule has 0 radical (unpaired) electrons. The Morgan fingerprint density at radius 3 is 2.71 bits per heavy atom. The van der Waals surface area contributed by atoms with Crippen molar-refractivity contribution in [1.82, 2.24) is 10.2 Å². The summed E-state index contributed by atoms with van der Waals surface area (Å²) in [4.78, 5) is 12.8. The lowest BCUT2D eigenvalue weighted by molar-refractivity contribution is -0.145. The molecule has 1 aliphatic rings. The van der Waals surface area contributed by atoms with E-state index in [4.69, 9.17) is 5.11 Å². The fourth-order valence-corrected chi connectivity index (χ4v) is 1.71. The number of nitrogens with zero attached hydrogens (tertiary/aromatic N) is 1. The molecule has 0 aromatic rings. The van der Waals surface area contributed by atoms with Crippen LogP contribution in [0.3, 0.4) is 0 Å². The molecule has 0 aliphatic carbocycles. The van der Waals surface area contributed by atoms with Gasteiger partial charge in [0.2, 0.25) is 0 Å². The fourth-order valence-electron chi connectivity index (χ4n) is 1.71. The standard InChI is InChI=1S/C9H18N2O3/c1-6(7(2)12)11-4-3-10-5-8(11)9(13)14/h6-8,10,12H,3-5H2,1-2H3,(H,13,14). The van der Waals surface area contributed by atoms with Gasteiger partial charge in [0, 0.05) is 25.7 Å². The van der Waals surface area contributed by atoms with E-state index < -0.39 is 18.1 Å². The molecule has 0 aromatic heterocycles. The van der Waals surface area contributed by atoms with Crippen LogP contribution in [0.25, 0.3) is 0 Å². The van der Waals surface area contributed by atoms with Gasteiger partial charge in [-0.3, -0.25) is 9.69 Å². The minimum atomic E-state index is -0.829. The quantitative estimate of drug-likeness (QED) is 0.554. The number of nitrogens with one attached hydrogen (secondary N) is 1. The van der Waals surface area contributed by atoms with Crippen molar-refractivity contribution >= 4 is 5.97 Å². The molecule has 0 spiro atoms. The second kappa shape index (κ2) is 4.72. The average molecular weight is 202 g/mol. The fraction of sp³-hybridized carbons (Fsp3) is 0.889. The molecule has 1 aliphatic heterocycles. The maximum atomic E-state index is 10.9. The average Bonchev–Trinajstić information content (AvgIpc) is 2.16. The lowest BCUT2D eigenvalue weighted by atomic mass is 10.1. The van der Waals surface area contributed by atoms with Gasteiger partial charge in [0.1, 0.15) is 6.04 Å². The van der Waals surface area contributed by atoms with Crippen LogP contribution in [0.5, 0.6) is 0 Å². The Morgan fingerprint density at radius 2 is 2.21 bits per heavy atom. The molecule has 0 amide bonds. The highest BCUT2D eigenvalue weighted by Gasteiger charge is 2.32. The van der Waals surface area contributed by atoms with Gasteiger partial charge in [-0.05, 0) is 13.8 Å². The van der Waals surface area contributed by atoms with Crippen molar-refractivity contribution in [2.24, 2.45) is 0 Å². The zero-order chi connectivity index (χ0) is 10.7. The predicted molar refractivity (Wildman–Crippen MR) is 52.1 cm³/mol. The smallest absolute Gasteiger partial charge is 0.322 e. The first-order valence-electron chi connectivity index (χ1n) is 4.91. The van der Waals surface area contributed by atoms with Crippen molar-refractivity contribution in [3.63, 3.8) is 0 Å². The van der Waals surface area contributed by atoms with E-state index in [9.17, 15) is 9.90 Å². The summed E-state index contributed by atoms with van der Waals surface area (Å²) in [5, 5.41) is 21.4. The number of hydrogen-bond donors (Lipinski definition) is 3. The van der Waals surface area contributed by atoms with Gasteiger partial charge in [0.25, 0.3) is 0 Å². The number of aliphatic hydroxyl groups is 1. The van der Waals surface area contributed by atoms with Gasteiger partial charge in [-0.2, -0.15) is 0 Å². The third-order valence-electron chi connectivity index (χ3n) is 2.79. The van der Waals surface area contributed by atoms with Gasteiger partial charge in [0.05, 0.1) is 6.10 Å². The molecule has 14 heavy (non-hydrogen) atoms.